The molecular formula is C22H34N4O4. The van der Waals surface area contributed by atoms with E-state index in [1.165, 1.54) is 0 Å². The van der Waals surface area contributed by atoms with Gasteiger partial charge in [-0.05, 0) is 12.8 Å². The number of nitrogens with one attached hydrogen (secondary N) is 1. The lowest BCUT2D eigenvalue weighted by atomic mass is 9.82. The summed E-state index contributed by atoms with van der Waals surface area (Å²) in [5.74, 6) is 0.704. The molecular weight excluding hydrogens is 384 g/mol. The van der Waals surface area contributed by atoms with Gasteiger partial charge in [-0.3, -0.25) is 0 Å². The lowest BCUT2D eigenvalue weighted by Gasteiger charge is -2.48. The van der Waals surface area contributed by atoms with Gasteiger partial charge in [-0.2, -0.15) is 0 Å². The minimum absolute atomic E-state index is 0.0441. The summed E-state index contributed by atoms with van der Waals surface area (Å²) >= 11 is 0. The van der Waals surface area contributed by atoms with Crippen LogP contribution in [0.15, 0.2) is 18.5 Å². The zero-order valence-corrected chi connectivity index (χ0v) is 18.2. The fraction of sp³-hybridized carbons (Fsp3) is 0.682. The van der Waals surface area contributed by atoms with E-state index in [0.717, 1.165) is 31.6 Å². The molecule has 0 atom stereocenters. The second-order valence-corrected chi connectivity index (χ2v) is 9.91. The molecule has 0 aromatic carbocycles. The van der Waals surface area contributed by atoms with Crippen molar-refractivity contribution < 1.29 is 19.3 Å². The number of rotatable bonds is 8. The maximum atomic E-state index is 9.50. The highest BCUT2D eigenvalue weighted by molar-refractivity contribution is 5.67. The van der Waals surface area contributed by atoms with Crippen LogP contribution in [-0.2, 0) is 9.47 Å². The number of pyridine rings is 1. The number of anilines is 1. The van der Waals surface area contributed by atoms with E-state index in [2.05, 4.69) is 36.0 Å². The molecule has 4 N–H and O–H groups in total. The Morgan fingerprint density at radius 1 is 1.33 bits per heavy atom. The molecule has 2 aliphatic heterocycles. The second-order valence-electron chi connectivity index (χ2n) is 9.91. The van der Waals surface area contributed by atoms with Crippen LogP contribution in [0, 0.1) is 10.8 Å². The Morgan fingerprint density at radius 2 is 2.03 bits per heavy atom. The molecule has 3 aliphatic rings. The number of aliphatic hydroxyl groups is 1. The van der Waals surface area contributed by atoms with Gasteiger partial charge in [-0.15, -0.1) is 0 Å². The van der Waals surface area contributed by atoms with E-state index in [1.807, 2.05) is 12.3 Å². The number of nitrogens with zero attached hydrogens (tertiary/aromatic N) is 2. The number of hydrogen-bond acceptors (Lipinski definition) is 8. The van der Waals surface area contributed by atoms with Gasteiger partial charge in [0, 0.05) is 36.2 Å². The molecule has 8 heteroatoms. The van der Waals surface area contributed by atoms with Crippen molar-refractivity contribution in [3.05, 3.63) is 24.2 Å². The first-order valence-corrected chi connectivity index (χ1v) is 10.7. The van der Waals surface area contributed by atoms with E-state index in [0.29, 0.717) is 36.9 Å². The SMILES string of the molecule is CC1(C)COC(CN/C=C(\N)c2ncc(N3CC(C)(CO)C3)cc2OC2CC2)OC1. The van der Waals surface area contributed by atoms with Crippen LogP contribution in [0.4, 0.5) is 5.69 Å². The van der Waals surface area contributed by atoms with Crippen LogP contribution >= 0.6 is 0 Å². The maximum absolute atomic E-state index is 9.50. The highest BCUT2D eigenvalue weighted by Gasteiger charge is 2.38. The predicted molar refractivity (Wildman–Crippen MR) is 115 cm³/mol. The summed E-state index contributed by atoms with van der Waals surface area (Å²) in [6.45, 7) is 9.98. The van der Waals surface area contributed by atoms with E-state index < -0.39 is 0 Å². The molecule has 2 saturated heterocycles. The van der Waals surface area contributed by atoms with Gasteiger partial charge in [0.05, 0.1) is 50.1 Å². The van der Waals surface area contributed by atoms with Crippen molar-refractivity contribution in [3.63, 3.8) is 0 Å². The monoisotopic (exact) mass is 418 g/mol. The Morgan fingerprint density at radius 3 is 2.67 bits per heavy atom. The summed E-state index contributed by atoms with van der Waals surface area (Å²) in [7, 11) is 0. The standard InChI is InChI=1S/C22H34N4O4/c1-21(2)13-28-19(29-14-21)9-24-8-17(23)20-18(30-16-4-5-16)6-15(7-25-20)26-10-22(3,11-26)12-27/h6-8,16,19,24,27H,4-5,9-14,23H2,1-3H3/b17-8-. The molecule has 3 fully saturated rings. The second kappa shape index (κ2) is 8.24. The molecule has 1 aromatic heterocycles. The number of aliphatic hydroxyl groups excluding tert-OH is 1. The van der Waals surface area contributed by atoms with E-state index in [-0.39, 0.29) is 29.8 Å². The van der Waals surface area contributed by atoms with Gasteiger partial charge in [0.15, 0.2) is 6.29 Å². The van der Waals surface area contributed by atoms with Crippen molar-refractivity contribution in [1.29, 1.82) is 0 Å². The number of aromatic nitrogens is 1. The van der Waals surface area contributed by atoms with Gasteiger partial charge in [-0.25, -0.2) is 4.98 Å². The van der Waals surface area contributed by atoms with Crippen molar-refractivity contribution in [2.45, 2.75) is 46.0 Å². The minimum atomic E-state index is -0.285. The molecule has 0 amide bonds. The molecule has 0 spiro atoms. The quantitative estimate of drug-likeness (QED) is 0.586. The zero-order valence-electron chi connectivity index (χ0n) is 18.2. The van der Waals surface area contributed by atoms with Crippen LogP contribution in [0.5, 0.6) is 5.75 Å². The first kappa shape index (κ1) is 21.2. The number of nitrogens with two attached hydrogens (primary N) is 1. The molecule has 4 rings (SSSR count). The lowest BCUT2D eigenvalue weighted by molar-refractivity contribution is -0.217. The van der Waals surface area contributed by atoms with Gasteiger partial charge in [0.2, 0.25) is 0 Å². The van der Waals surface area contributed by atoms with Crippen LogP contribution in [-0.4, -0.2) is 61.9 Å². The van der Waals surface area contributed by atoms with Crippen molar-refractivity contribution in [3.8, 4) is 5.75 Å². The van der Waals surface area contributed by atoms with E-state index >= 15 is 0 Å². The van der Waals surface area contributed by atoms with Crippen LogP contribution in [0.25, 0.3) is 5.70 Å². The van der Waals surface area contributed by atoms with Crippen LogP contribution in [0.2, 0.25) is 0 Å². The predicted octanol–water partition coefficient (Wildman–Crippen LogP) is 1.69. The smallest absolute Gasteiger partial charge is 0.174 e. The Kier molecular flexibility index (Phi) is 5.83. The Labute approximate surface area is 178 Å². The topological polar surface area (TPSA) is 102 Å². The fourth-order valence-electron chi connectivity index (χ4n) is 3.62. The maximum Gasteiger partial charge on any atom is 0.174 e. The highest BCUT2D eigenvalue weighted by Crippen LogP contribution is 2.37. The Balaban J connectivity index is 1.40. The Bertz CT molecular complexity index is 777. The van der Waals surface area contributed by atoms with E-state index in [9.17, 15) is 5.11 Å². The third kappa shape index (κ3) is 4.99. The molecule has 0 radical (unpaired) electrons. The zero-order chi connectivity index (χ0) is 21.4. The summed E-state index contributed by atoms with van der Waals surface area (Å²) in [6.07, 6.45) is 5.64. The van der Waals surface area contributed by atoms with Crippen molar-refractivity contribution in [2.75, 3.05) is 44.4 Å². The molecule has 1 aliphatic carbocycles. The number of hydrogen-bond donors (Lipinski definition) is 3. The Hall–Kier alpha value is -2.03. The largest absolute Gasteiger partial charge is 0.488 e. The third-order valence-electron chi connectivity index (χ3n) is 5.68. The van der Waals surface area contributed by atoms with Crippen LogP contribution in [0.3, 0.4) is 0 Å². The minimum Gasteiger partial charge on any atom is -0.488 e. The fourth-order valence-corrected chi connectivity index (χ4v) is 3.62. The van der Waals surface area contributed by atoms with Gasteiger partial charge in [-0.1, -0.05) is 20.8 Å². The lowest BCUT2D eigenvalue weighted by Crippen LogP contribution is -2.56. The van der Waals surface area contributed by atoms with Crippen molar-refractivity contribution in [2.24, 2.45) is 16.6 Å². The summed E-state index contributed by atoms with van der Waals surface area (Å²) in [4.78, 5) is 6.79. The van der Waals surface area contributed by atoms with Gasteiger partial charge in [0.1, 0.15) is 11.4 Å². The first-order chi connectivity index (χ1) is 14.3. The van der Waals surface area contributed by atoms with E-state index in [1.54, 1.807) is 6.20 Å². The van der Waals surface area contributed by atoms with Crippen LogP contribution < -0.4 is 20.7 Å². The first-order valence-electron chi connectivity index (χ1n) is 10.7. The summed E-state index contributed by atoms with van der Waals surface area (Å²) in [5, 5.41) is 12.7. The molecule has 1 saturated carbocycles. The molecule has 3 heterocycles. The van der Waals surface area contributed by atoms with Crippen LogP contribution in [0.1, 0.15) is 39.3 Å². The van der Waals surface area contributed by atoms with Gasteiger partial charge in [0.25, 0.3) is 0 Å². The van der Waals surface area contributed by atoms with Gasteiger partial charge < -0.3 is 35.3 Å². The van der Waals surface area contributed by atoms with Crippen molar-refractivity contribution >= 4 is 11.4 Å². The molecule has 8 nitrogen and oxygen atoms in total. The highest BCUT2D eigenvalue weighted by atomic mass is 16.7. The molecule has 166 valence electrons. The molecule has 30 heavy (non-hydrogen) atoms. The summed E-state index contributed by atoms with van der Waals surface area (Å²) in [5.41, 5.74) is 8.46. The average Bonchev–Trinajstić information content (AvgIpc) is 3.50. The summed E-state index contributed by atoms with van der Waals surface area (Å²) < 4.78 is 17.6. The summed E-state index contributed by atoms with van der Waals surface area (Å²) in [6, 6.07) is 2.01. The van der Waals surface area contributed by atoms with Gasteiger partial charge >= 0.3 is 0 Å². The van der Waals surface area contributed by atoms with E-state index in [4.69, 9.17) is 19.9 Å². The molecule has 0 unspecified atom stereocenters. The number of ether oxygens (including phenoxy) is 3. The normalized spacial score (nSPS) is 23.7. The van der Waals surface area contributed by atoms with Crippen molar-refractivity contribution in [1.82, 2.24) is 10.3 Å². The molecule has 1 aromatic rings. The third-order valence-corrected chi connectivity index (χ3v) is 5.68. The molecule has 0 bridgehead atoms. The average molecular weight is 419 g/mol.